The number of nitrogens with zero attached hydrogens (tertiary/aromatic N) is 2. The second-order valence-corrected chi connectivity index (χ2v) is 6.31. The highest BCUT2D eigenvalue weighted by Crippen LogP contribution is 2.28. The van der Waals surface area contributed by atoms with E-state index in [2.05, 4.69) is 0 Å². The molecule has 0 aliphatic rings. The minimum Gasteiger partial charge on any atom is -0.337 e. The van der Waals surface area contributed by atoms with E-state index in [1.807, 2.05) is 30.3 Å². The third-order valence-corrected chi connectivity index (χ3v) is 4.61. The highest BCUT2D eigenvalue weighted by molar-refractivity contribution is 7.98. The zero-order valence-corrected chi connectivity index (χ0v) is 14.9. The van der Waals surface area contributed by atoms with Crippen LogP contribution in [0.1, 0.15) is 15.9 Å². The predicted octanol–water partition coefficient (Wildman–Crippen LogP) is 2.96. The van der Waals surface area contributed by atoms with Crippen LogP contribution in [0.2, 0.25) is 0 Å². The smallest absolute Gasteiger partial charge is 0.283 e. The zero-order chi connectivity index (χ0) is 18.2. The number of benzene rings is 2. The first-order chi connectivity index (χ1) is 12.1. The molecule has 2 aromatic rings. The van der Waals surface area contributed by atoms with Gasteiger partial charge in [0, 0.05) is 31.3 Å². The number of nitrogens with two attached hydrogens (primary N) is 1. The number of carbonyl (C=O) groups excluding carboxylic acids is 1. The molecule has 0 unspecified atom stereocenters. The molecule has 0 saturated carbocycles. The molecule has 25 heavy (non-hydrogen) atoms. The Labute approximate surface area is 151 Å². The molecule has 0 saturated heterocycles. The summed E-state index contributed by atoms with van der Waals surface area (Å²) in [5.41, 5.74) is 7.02. The van der Waals surface area contributed by atoms with E-state index in [1.54, 1.807) is 23.3 Å². The predicted molar refractivity (Wildman–Crippen MR) is 100.0 cm³/mol. The molecule has 2 aromatic carbocycles. The number of nitro benzene ring substituents is 1. The Morgan fingerprint density at radius 1 is 1.20 bits per heavy atom. The molecular weight excluding hydrogens is 338 g/mol. The number of nitro groups is 1. The standard InChI is InChI=1S/C18H21N3O3S/c1-25-17-8-7-15(13-16(17)21(23)24)18(22)20(12-10-19)11-9-14-5-3-2-4-6-14/h2-8,13H,9-12,19H2,1H3. The van der Waals surface area contributed by atoms with Crippen LogP contribution in [-0.4, -0.2) is 41.6 Å². The van der Waals surface area contributed by atoms with E-state index in [-0.39, 0.29) is 11.6 Å². The fraction of sp³-hybridized carbons (Fsp3) is 0.278. The molecule has 7 heteroatoms. The van der Waals surface area contributed by atoms with E-state index in [0.29, 0.717) is 36.5 Å². The van der Waals surface area contributed by atoms with Crippen molar-refractivity contribution >= 4 is 23.4 Å². The number of amides is 1. The normalized spacial score (nSPS) is 10.5. The Morgan fingerprint density at radius 2 is 1.92 bits per heavy atom. The van der Waals surface area contributed by atoms with Gasteiger partial charge < -0.3 is 10.6 Å². The SMILES string of the molecule is CSc1ccc(C(=O)N(CCN)CCc2ccccc2)cc1[N+](=O)[O-]. The summed E-state index contributed by atoms with van der Waals surface area (Å²) in [5, 5.41) is 11.2. The molecule has 0 fully saturated rings. The molecule has 132 valence electrons. The third kappa shape index (κ3) is 5.04. The Hall–Kier alpha value is -2.38. The first-order valence-corrected chi connectivity index (χ1v) is 9.15. The van der Waals surface area contributed by atoms with Gasteiger partial charge in [0.2, 0.25) is 0 Å². The summed E-state index contributed by atoms with van der Waals surface area (Å²) < 4.78 is 0. The monoisotopic (exact) mass is 359 g/mol. The molecule has 6 nitrogen and oxygen atoms in total. The second kappa shape index (κ2) is 9.19. The number of carbonyl (C=O) groups is 1. The average Bonchev–Trinajstić information content (AvgIpc) is 2.64. The molecule has 0 spiro atoms. The Kier molecular flexibility index (Phi) is 6.97. The maximum atomic E-state index is 12.8. The van der Waals surface area contributed by atoms with Gasteiger partial charge in [-0.25, -0.2) is 0 Å². The molecular formula is C18H21N3O3S. The van der Waals surface area contributed by atoms with Crippen molar-refractivity contribution in [3.8, 4) is 0 Å². The summed E-state index contributed by atoms with van der Waals surface area (Å²) in [6.07, 6.45) is 2.47. The van der Waals surface area contributed by atoms with Crippen LogP contribution in [0.15, 0.2) is 53.4 Å². The van der Waals surface area contributed by atoms with Crippen molar-refractivity contribution in [3.05, 3.63) is 69.8 Å². The van der Waals surface area contributed by atoms with Gasteiger partial charge in [-0.15, -0.1) is 11.8 Å². The molecule has 0 bridgehead atoms. The van der Waals surface area contributed by atoms with Gasteiger partial charge in [0.1, 0.15) is 0 Å². The van der Waals surface area contributed by atoms with Gasteiger partial charge >= 0.3 is 0 Å². The second-order valence-electron chi connectivity index (χ2n) is 5.46. The van der Waals surface area contributed by atoms with E-state index in [9.17, 15) is 14.9 Å². The van der Waals surface area contributed by atoms with E-state index < -0.39 is 4.92 Å². The van der Waals surface area contributed by atoms with Crippen LogP contribution in [-0.2, 0) is 6.42 Å². The zero-order valence-electron chi connectivity index (χ0n) is 14.1. The summed E-state index contributed by atoms with van der Waals surface area (Å²) in [4.78, 5) is 25.7. The van der Waals surface area contributed by atoms with Gasteiger partial charge in [-0.3, -0.25) is 14.9 Å². The third-order valence-electron chi connectivity index (χ3n) is 3.82. The molecule has 0 radical (unpaired) electrons. The molecule has 0 aliphatic heterocycles. The number of rotatable bonds is 8. The first kappa shape index (κ1) is 19.0. The molecule has 2 N–H and O–H groups in total. The van der Waals surface area contributed by atoms with Crippen molar-refractivity contribution in [2.45, 2.75) is 11.3 Å². The van der Waals surface area contributed by atoms with Crippen LogP contribution in [0.4, 0.5) is 5.69 Å². The molecule has 0 atom stereocenters. The van der Waals surface area contributed by atoms with Gasteiger partial charge in [0.15, 0.2) is 0 Å². The van der Waals surface area contributed by atoms with Gasteiger partial charge in [0.05, 0.1) is 9.82 Å². The van der Waals surface area contributed by atoms with Crippen LogP contribution in [0, 0.1) is 10.1 Å². The van der Waals surface area contributed by atoms with Crippen molar-refractivity contribution in [3.63, 3.8) is 0 Å². The minimum absolute atomic E-state index is 0.0471. The number of thioether (sulfide) groups is 1. The highest BCUT2D eigenvalue weighted by Gasteiger charge is 2.20. The van der Waals surface area contributed by atoms with Crippen LogP contribution >= 0.6 is 11.8 Å². The van der Waals surface area contributed by atoms with Crippen LogP contribution in [0.3, 0.4) is 0 Å². The number of hydrogen-bond donors (Lipinski definition) is 1. The van der Waals surface area contributed by atoms with Gasteiger partial charge in [-0.2, -0.15) is 0 Å². The quantitative estimate of drug-likeness (QED) is 0.445. The first-order valence-electron chi connectivity index (χ1n) is 7.92. The summed E-state index contributed by atoms with van der Waals surface area (Å²) >= 11 is 1.28. The Balaban J connectivity index is 2.19. The number of hydrogen-bond acceptors (Lipinski definition) is 5. The lowest BCUT2D eigenvalue weighted by Crippen LogP contribution is -2.37. The summed E-state index contributed by atoms with van der Waals surface area (Å²) in [7, 11) is 0. The summed E-state index contributed by atoms with van der Waals surface area (Å²) in [5.74, 6) is -0.239. The fourth-order valence-electron chi connectivity index (χ4n) is 2.53. The van der Waals surface area contributed by atoms with Gasteiger partial charge in [0.25, 0.3) is 11.6 Å². The van der Waals surface area contributed by atoms with Crippen molar-refractivity contribution in [2.24, 2.45) is 5.73 Å². The van der Waals surface area contributed by atoms with Crippen molar-refractivity contribution in [2.75, 3.05) is 25.9 Å². The Morgan fingerprint density at radius 3 is 2.52 bits per heavy atom. The van der Waals surface area contributed by atoms with Crippen LogP contribution in [0.25, 0.3) is 0 Å². The lowest BCUT2D eigenvalue weighted by molar-refractivity contribution is -0.387. The maximum Gasteiger partial charge on any atom is 0.283 e. The topological polar surface area (TPSA) is 89.5 Å². The van der Waals surface area contributed by atoms with E-state index in [1.165, 1.54) is 17.8 Å². The lowest BCUT2D eigenvalue weighted by Gasteiger charge is -2.22. The summed E-state index contributed by atoms with van der Waals surface area (Å²) in [6.45, 7) is 1.26. The fourth-order valence-corrected chi connectivity index (χ4v) is 3.07. The van der Waals surface area contributed by atoms with E-state index in [0.717, 1.165) is 5.56 Å². The molecule has 1 amide bonds. The minimum atomic E-state index is -0.458. The average molecular weight is 359 g/mol. The van der Waals surface area contributed by atoms with E-state index in [4.69, 9.17) is 5.73 Å². The van der Waals surface area contributed by atoms with Gasteiger partial charge in [-0.05, 0) is 30.4 Å². The maximum absolute atomic E-state index is 12.8. The molecule has 0 aromatic heterocycles. The van der Waals surface area contributed by atoms with Crippen LogP contribution in [0.5, 0.6) is 0 Å². The van der Waals surface area contributed by atoms with Crippen molar-refractivity contribution < 1.29 is 9.72 Å². The summed E-state index contributed by atoms with van der Waals surface area (Å²) in [6, 6.07) is 14.5. The molecule has 0 heterocycles. The van der Waals surface area contributed by atoms with E-state index >= 15 is 0 Å². The lowest BCUT2D eigenvalue weighted by atomic mass is 10.1. The molecule has 0 aliphatic carbocycles. The van der Waals surface area contributed by atoms with Gasteiger partial charge in [-0.1, -0.05) is 30.3 Å². The van der Waals surface area contributed by atoms with Crippen molar-refractivity contribution in [1.29, 1.82) is 0 Å². The van der Waals surface area contributed by atoms with Crippen LogP contribution < -0.4 is 5.73 Å². The molecule has 2 rings (SSSR count). The largest absolute Gasteiger partial charge is 0.337 e. The Bertz CT molecular complexity index is 738. The highest BCUT2D eigenvalue weighted by atomic mass is 32.2. The van der Waals surface area contributed by atoms with Crippen molar-refractivity contribution in [1.82, 2.24) is 4.90 Å².